The Hall–Kier alpha value is -2.75. The molecule has 0 aromatic carbocycles. The van der Waals surface area contributed by atoms with Crippen molar-refractivity contribution in [2.75, 3.05) is 36.9 Å². The van der Waals surface area contributed by atoms with Gasteiger partial charge in [0, 0.05) is 37.1 Å². The van der Waals surface area contributed by atoms with Crippen LogP contribution in [0.2, 0.25) is 0 Å². The molecule has 2 N–H and O–H groups in total. The molecule has 2 radical (unpaired) electrons. The minimum atomic E-state index is 0.165. The fraction of sp³-hybridized carbons (Fsp3) is 0.471. The van der Waals surface area contributed by atoms with Crippen molar-refractivity contribution in [3.8, 4) is 11.3 Å². The Bertz CT molecular complexity index is 952. The molecule has 0 amide bonds. The molecule has 4 heterocycles. The zero-order valence-corrected chi connectivity index (χ0v) is 15.5. The molecule has 1 atom stereocenters. The van der Waals surface area contributed by atoms with E-state index in [-0.39, 0.29) is 12.0 Å². The number of nitrogens with zero attached hydrogens (tertiary/aromatic N) is 7. The normalized spacial score (nSPS) is 16.0. The second kappa shape index (κ2) is 7.11. The van der Waals surface area contributed by atoms with Gasteiger partial charge < -0.3 is 19.9 Å². The van der Waals surface area contributed by atoms with E-state index < -0.39 is 0 Å². The molecule has 4 rings (SSSR count). The zero-order valence-electron chi connectivity index (χ0n) is 15.5. The maximum absolute atomic E-state index is 6.23. The Balaban J connectivity index is 1.95. The first-order valence-electron chi connectivity index (χ1n) is 9.04. The zero-order chi connectivity index (χ0) is 19.0. The molecule has 0 spiro atoms. The summed E-state index contributed by atoms with van der Waals surface area (Å²) in [4.78, 5) is 24.4. The van der Waals surface area contributed by atoms with Gasteiger partial charge in [0.2, 0.25) is 11.9 Å². The summed E-state index contributed by atoms with van der Waals surface area (Å²) in [6.07, 6.45) is 4.20. The third-order valence-corrected chi connectivity index (χ3v) is 4.83. The van der Waals surface area contributed by atoms with Crippen molar-refractivity contribution in [1.29, 1.82) is 0 Å². The summed E-state index contributed by atoms with van der Waals surface area (Å²) in [6.45, 7) is 6.96. The van der Waals surface area contributed by atoms with E-state index in [2.05, 4.69) is 33.7 Å². The van der Waals surface area contributed by atoms with Crippen LogP contribution in [0.3, 0.4) is 0 Å². The van der Waals surface area contributed by atoms with Gasteiger partial charge in [-0.25, -0.2) is 19.9 Å². The van der Waals surface area contributed by atoms with Crippen LogP contribution in [0.4, 0.5) is 11.9 Å². The van der Waals surface area contributed by atoms with Crippen molar-refractivity contribution < 1.29 is 4.74 Å². The molecular formula is C17H21BN8O. The van der Waals surface area contributed by atoms with Gasteiger partial charge in [-0.15, -0.1) is 0 Å². The van der Waals surface area contributed by atoms with Crippen molar-refractivity contribution in [2.24, 2.45) is 0 Å². The first kappa shape index (κ1) is 17.7. The Morgan fingerprint density at radius 1 is 1.19 bits per heavy atom. The number of anilines is 2. The van der Waals surface area contributed by atoms with Gasteiger partial charge >= 0.3 is 0 Å². The molecule has 3 aromatic rings. The van der Waals surface area contributed by atoms with Crippen LogP contribution in [-0.2, 0) is 4.74 Å². The van der Waals surface area contributed by atoms with Gasteiger partial charge in [0.1, 0.15) is 11.2 Å². The van der Waals surface area contributed by atoms with E-state index in [1.165, 1.54) is 0 Å². The molecule has 27 heavy (non-hydrogen) atoms. The molecule has 9 nitrogen and oxygen atoms in total. The fourth-order valence-electron chi connectivity index (χ4n) is 3.16. The van der Waals surface area contributed by atoms with Gasteiger partial charge in [0.15, 0.2) is 13.5 Å². The van der Waals surface area contributed by atoms with E-state index in [9.17, 15) is 0 Å². The van der Waals surface area contributed by atoms with Gasteiger partial charge in [-0.1, -0.05) is 6.92 Å². The lowest BCUT2D eigenvalue weighted by atomic mass is 10.1. The number of aromatic nitrogens is 6. The lowest BCUT2D eigenvalue weighted by Crippen LogP contribution is -2.37. The highest BCUT2D eigenvalue weighted by Gasteiger charge is 2.22. The molecule has 3 aromatic heterocycles. The van der Waals surface area contributed by atoms with Crippen LogP contribution in [0.5, 0.6) is 0 Å². The smallest absolute Gasteiger partial charge is 0.228 e. The van der Waals surface area contributed by atoms with E-state index in [0.717, 1.165) is 25.1 Å². The first-order chi connectivity index (χ1) is 13.1. The summed E-state index contributed by atoms with van der Waals surface area (Å²) in [7, 11) is 6.23. The highest BCUT2D eigenvalue weighted by Crippen LogP contribution is 2.28. The van der Waals surface area contributed by atoms with Crippen LogP contribution in [0.1, 0.15) is 26.3 Å². The number of morpholine rings is 1. The SMILES string of the molecule is [B]c1nc2c(-c3cnc(N)nc3)nc(N3CCOCC3)nc2n1C(C)CC. The molecule has 10 heteroatoms. The molecule has 1 saturated heterocycles. The summed E-state index contributed by atoms with van der Waals surface area (Å²) >= 11 is 0. The van der Waals surface area contributed by atoms with E-state index >= 15 is 0 Å². The van der Waals surface area contributed by atoms with Crippen LogP contribution < -0.4 is 16.4 Å². The number of hydrogen-bond acceptors (Lipinski definition) is 8. The van der Waals surface area contributed by atoms with Crippen LogP contribution in [0, 0.1) is 0 Å². The van der Waals surface area contributed by atoms with Crippen molar-refractivity contribution in [1.82, 2.24) is 29.5 Å². The van der Waals surface area contributed by atoms with Gasteiger partial charge in [0.05, 0.1) is 18.9 Å². The third-order valence-electron chi connectivity index (χ3n) is 4.83. The quantitative estimate of drug-likeness (QED) is 0.666. The number of fused-ring (bicyclic) bond motifs is 1. The maximum atomic E-state index is 6.23. The second-order valence-corrected chi connectivity index (χ2v) is 6.57. The molecule has 0 bridgehead atoms. The number of nitrogens with two attached hydrogens (primary N) is 1. The monoisotopic (exact) mass is 364 g/mol. The van der Waals surface area contributed by atoms with Gasteiger partial charge in [0.25, 0.3) is 0 Å². The first-order valence-corrected chi connectivity index (χ1v) is 9.04. The maximum Gasteiger partial charge on any atom is 0.228 e. The van der Waals surface area contributed by atoms with Crippen LogP contribution in [0.25, 0.3) is 22.4 Å². The molecule has 1 aliphatic heterocycles. The summed E-state index contributed by atoms with van der Waals surface area (Å²) in [5.41, 5.74) is 8.78. The summed E-state index contributed by atoms with van der Waals surface area (Å²) in [5, 5.41) is 0. The highest BCUT2D eigenvalue weighted by atomic mass is 16.5. The lowest BCUT2D eigenvalue weighted by molar-refractivity contribution is 0.122. The topological polar surface area (TPSA) is 108 Å². The number of nitrogen functional groups attached to an aromatic ring is 1. The highest BCUT2D eigenvalue weighted by molar-refractivity contribution is 6.30. The van der Waals surface area contributed by atoms with Crippen molar-refractivity contribution in [3.05, 3.63) is 12.4 Å². The molecule has 138 valence electrons. The Morgan fingerprint density at radius 3 is 2.56 bits per heavy atom. The van der Waals surface area contributed by atoms with E-state index in [0.29, 0.717) is 41.7 Å². The number of hydrogen-bond donors (Lipinski definition) is 1. The minimum absolute atomic E-state index is 0.165. The summed E-state index contributed by atoms with van der Waals surface area (Å²) < 4.78 is 7.41. The molecule has 0 saturated carbocycles. The number of ether oxygens (including phenoxy) is 1. The Labute approximate surface area is 158 Å². The van der Waals surface area contributed by atoms with Crippen LogP contribution in [-0.4, -0.2) is 63.6 Å². The third kappa shape index (κ3) is 3.20. The largest absolute Gasteiger partial charge is 0.378 e. The van der Waals surface area contributed by atoms with Crippen molar-refractivity contribution >= 4 is 36.6 Å². The lowest BCUT2D eigenvalue weighted by Gasteiger charge is -2.27. The number of imidazole rings is 1. The van der Waals surface area contributed by atoms with Crippen molar-refractivity contribution in [3.63, 3.8) is 0 Å². The molecule has 0 aliphatic carbocycles. The summed E-state index contributed by atoms with van der Waals surface area (Å²) in [5.74, 6) is 0.837. The fourth-order valence-corrected chi connectivity index (χ4v) is 3.16. The molecule has 1 aliphatic rings. The van der Waals surface area contributed by atoms with E-state index in [1.54, 1.807) is 12.4 Å². The average molecular weight is 364 g/mol. The van der Waals surface area contributed by atoms with Gasteiger partial charge in [-0.05, 0) is 13.3 Å². The summed E-state index contributed by atoms with van der Waals surface area (Å²) in [6, 6.07) is 0.165. The van der Waals surface area contributed by atoms with Crippen LogP contribution >= 0.6 is 0 Å². The van der Waals surface area contributed by atoms with E-state index in [1.807, 2.05) is 4.57 Å². The molecule has 1 unspecified atom stereocenters. The van der Waals surface area contributed by atoms with E-state index in [4.69, 9.17) is 28.3 Å². The van der Waals surface area contributed by atoms with Gasteiger partial charge in [-0.3, -0.25) is 0 Å². The van der Waals surface area contributed by atoms with Gasteiger partial charge in [-0.2, -0.15) is 4.98 Å². The molecular weight excluding hydrogens is 343 g/mol. The Kier molecular flexibility index (Phi) is 4.65. The Morgan fingerprint density at radius 2 is 1.89 bits per heavy atom. The standard InChI is InChI=1S/C17H21BN8O/c1-3-10(2)26-14-13(22-15(26)18)12(11-8-20-16(19)21-9-11)23-17(24-14)25-4-6-27-7-5-25/h8-10H,3-7H2,1-2H3,(H2,19,20,21). The molecule has 1 fully saturated rings. The van der Waals surface area contributed by atoms with Crippen molar-refractivity contribution in [2.45, 2.75) is 26.3 Å². The second-order valence-electron chi connectivity index (χ2n) is 6.57. The number of rotatable bonds is 4. The van der Waals surface area contributed by atoms with Crippen LogP contribution in [0.15, 0.2) is 12.4 Å². The predicted molar refractivity (Wildman–Crippen MR) is 104 cm³/mol. The minimum Gasteiger partial charge on any atom is -0.378 e. The average Bonchev–Trinajstić information content (AvgIpc) is 3.04. The predicted octanol–water partition coefficient (Wildman–Crippen LogP) is 0.467.